The van der Waals surface area contributed by atoms with Gasteiger partial charge in [0, 0.05) is 12.1 Å². The number of hydrogen-bond acceptors (Lipinski definition) is 2. The Hall–Kier alpha value is -0.0800. The van der Waals surface area contributed by atoms with Crippen molar-refractivity contribution in [2.75, 3.05) is 6.61 Å². The Balaban J connectivity index is 2.22. The SMILES string of the molecule is CCC1CCC(NC(CC)CO)C1. The quantitative estimate of drug-likeness (QED) is 0.686. The highest BCUT2D eigenvalue weighted by Crippen LogP contribution is 2.28. The number of nitrogens with one attached hydrogen (secondary N) is 1. The Morgan fingerprint density at radius 2 is 2.15 bits per heavy atom. The van der Waals surface area contributed by atoms with Gasteiger partial charge in [0.1, 0.15) is 0 Å². The summed E-state index contributed by atoms with van der Waals surface area (Å²) in [7, 11) is 0. The van der Waals surface area contributed by atoms with E-state index in [1.165, 1.54) is 25.7 Å². The molecule has 0 heterocycles. The zero-order valence-corrected chi connectivity index (χ0v) is 8.92. The monoisotopic (exact) mass is 185 g/mol. The van der Waals surface area contributed by atoms with Gasteiger partial charge >= 0.3 is 0 Å². The number of hydrogen-bond donors (Lipinski definition) is 2. The summed E-state index contributed by atoms with van der Waals surface area (Å²) >= 11 is 0. The van der Waals surface area contributed by atoms with E-state index in [0.29, 0.717) is 12.1 Å². The highest BCUT2D eigenvalue weighted by Gasteiger charge is 2.24. The fourth-order valence-electron chi connectivity index (χ4n) is 2.23. The molecule has 1 saturated carbocycles. The van der Waals surface area contributed by atoms with Gasteiger partial charge in [-0.3, -0.25) is 0 Å². The first-order valence-electron chi connectivity index (χ1n) is 5.67. The third-order valence-electron chi connectivity index (χ3n) is 3.30. The number of aliphatic hydroxyl groups is 1. The molecule has 3 unspecified atom stereocenters. The average Bonchev–Trinajstić information content (AvgIpc) is 2.61. The van der Waals surface area contributed by atoms with E-state index in [-0.39, 0.29) is 6.61 Å². The van der Waals surface area contributed by atoms with Crippen molar-refractivity contribution in [2.45, 2.75) is 58.0 Å². The Morgan fingerprint density at radius 1 is 1.38 bits per heavy atom. The molecule has 0 spiro atoms. The lowest BCUT2D eigenvalue weighted by molar-refractivity contribution is 0.226. The standard InChI is InChI=1S/C11H23NO/c1-3-9-5-6-11(7-9)12-10(4-2)8-13/h9-13H,3-8H2,1-2H3. The minimum absolute atomic E-state index is 0.282. The van der Waals surface area contributed by atoms with Crippen LogP contribution in [-0.4, -0.2) is 23.8 Å². The number of aliphatic hydroxyl groups excluding tert-OH is 1. The van der Waals surface area contributed by atoms with Crippen molar-refractivity contribution in [1.82, 2.24) is 5.32 Å². The molecule has 1 aliphatic rings. The maximum atomic E-state index is 9.05. The normalized spacial score (nSPS) is 30.7. The molecular weight excluding hydrogens is 162 g/mol. The minimum atomic E-state index is 0.282. The van der Waals surface area contributed by atoms with Crippen molar-refractivity contribution in [1.29, 1.82) is 0 Å². The van der Waals surface area contributed by atoms with Gasteiger partial charge in [0.05, 0.1) is 6.61 Å². The van der Waals surface area contributed by atoms with Crippen LogP contribution >= 0.6 is 0 Å². The van der Waals surface area contributed by atoms with Crippen LogP contribution in [-0.2, 0) is 0 Å². The summed E-state index contributed by atoms with van der Waals surface area (Å²) in [6.07, 6.45) is 6.33. The van der Waals surface area contributed by atoms with Gasteiger partial charge in [-0.25, -0.2) is 0 Å². The van der Waals surface area contributed by atoms with E-state index in [2.05, 4.69) is 19.2 Å². The molecule has 0 aromatic carbocycles. The molecule has 78 valence electrons. The first-order chi connectivity index (χ1) is 6.30. The van der Waals surface area contributed by atoms with Crippen LogP contribution in [0.2, 0.25) is 0 Å². The summed E-state index contributed by atoms with van der Waals surface area (Å²) in [4.78, 5) is 0. The molecule has 13 heavy (non-hydrogen) atoms. The van der Waals surface area contributed by atoms with Gasteiger partial charge in [0.2, 0.25) is 0 Å². The molecule has 2 N–H and O–H groups in total. The van der Waals surface area contributed by atoms with E-state index in [1.807, 2.05) is 0 Å². The molecule has 3 atom stereocenters. The molecule has 1 fully saturated rings. The Bertz CT molecular complexity index is 134. The molecule has 0 aliphatic heterocycles. The maximum absolute atomic E-state index is 9.05. The second kappa shape index (κ2) is 5.61. The van der Waals surface area contributed by atoms with Crippen LogP contribution < -0.4 is 5.32 Å². The van der Waals surface area contributed by atoms with Gasteiger partial charge in [-0.05, 0) is 31.6 Å². The summed E-state index contributed by atoms with van der Waals surface area (Å²) in [6, 6.07) is 0.989. The summed E-state index contributed by atoms with van der Waals surface area (Å²) < 4.78 is 0. The Kier molecular flexibility index (Phi) is 4.74. The highest BCUT2D eigenvalue weighted by atomic mass is 16.3. The molecule has 2 nitrogen and oxygen atoms in total. The van der Waals surface area contributed by atoms with Gasteiger partial charge in [0.15, 0.2) is 0 Å². The van der Waals surface area contributed by atoms with Crippen LogP contribution in [0.1, 0.15) is 46.0 Å². The molecule has 0 aromatic heterocycles. The third kappa shape index (κ3) is 3.28. The second-order valence-corrected chi connectivity index (χ2v) is 4.24. The molecule has 2 heteroatoms. The van der Waals surface area contributed by atoms with Gasteiger partial charge in [-0.2, -0.15) is 0 Å². The van der Waals surface area contributed by atoms with Crippen molar-refractivity contribution in [3.05, 3.63) is 0 Å². The average molecular weight is 185 g/mol. The molecular formula is C11H23NO. The summed E-state index contributed by atoms with van der Waals surface area (Å²) in [5, 5.41) is 12.6. The maximum Gasteiger partial charge on any atom is 0.0584 e. The van der Waals surface area contributed by atoms with Gasteiger partial charge in [-0.15, -0.1) is 0 Å². The Labute approximate surface area is 81.7 Å². The highest BCUT2D eigenvalue weighted by molar-refractivity contribution is 4.82. The predicted octanol–water partition coefficient (Wildman–Crippen LogP) is 1.93. The Morgan fingerprint density at radius 3 is 2.62 bits per heavy atom. The van der Waals surface area contributed by atoms with E-state index in [9.17, 15) is 0 Å². The molecule has 1 rings (SSSR count). The van der Waals surface area contributed by atoms with E-state index < -0.39 is 0 Å². The smallest absolute Gasteiger partial charge is 0.0584 e. The van der Waals surface area contributed by atoms with Crippen molar-refractivity contribution in [3.8, 4) is 0 Å². The van der Waals surface area contributed by atoms with E-state index in [4.69, 9.17) is 5.11 Å². The summed E-state index contributed by atoms with van der Waals surface area (Å²) in [5.74, 6) is 0.925. The first-order valence-corrected chi connectivity index (χ1v) is 5.67. The van der Waals surface area contributed by atoms with Crippen LogP contribution in [0.3, 0.4) is 0 Å². The zero-order chi connectivity index (χ0) is 9.68. The lowest BCUT2D eigenvalue weighted by atomic mass is 10.1. The molecule has 0 amide bonds. The van der Waals surface area contributed by atoms with E-state index in [0.717, 1.165) is 12.3 Å². The van der Waals surface area contributed by atoms with Crippen LogP contribution in [0, 0.1) is 5.92 Å². The van der Waals surface area contributed by atoms with Crippen molar-refractivity contribution >= 4 is 0 Å². The van der Waals surface area contributed by atoms with Gasteiger partial charge < -0.3 is 10.4 Å². The summed E-state index contributed by atoms with van der Waals surface area (Å²) in [5.41, 5.74) is 0. The van der Waals surface area contributed by atoms with E-state index in [1.54, 1.807) is 0 Å². The zero-order valence-electron chi connectivity index (χ0n) is 8.92. The molecule has 0 saturated heterocycles. The van der Waals surface area contributed by atoms with Gasteiger partial charge in [-0.1, -0.05) is 20.3 Å². The molecule has 0 bridgehead atoms. The predicted molar refractivity (Wildman–Crippen MR) is 55.7 cm³/mol. The topological polar surface area (TPSA) is 32.3 Å². The molecule has 0 aromatic rings. The lowest BCUT2D eigenvalue weighted by Gasteiger charge is -2.19. The second-order valence-electron chi connectivity index (χ2n) is 4.24. The first kappa shape index (κ1) is 11.0. The van der Waals surface area contributed by atoms with Crippen molar-refractivity contribution in [3.63, 3.8) is 0 Å². The van der Waals surface area contributed by atoms with Gasteiger partial charge in [0.25, 0.3) is 0 Å². The minimum Gasteiger partial charge on any atom is -0.395 e. The molecule has 1 aliphatic carbocycles. The van der Waals surface area contributed by atoms with Crippen LogP contribution in [0.25, 0.3) is 0 Å². The lowest BCUT2D eigenvalue weighted by Crippen LogP contribution is -2.38. The van der Waals surface area contributed by atoms with E-state index >= 15 is 0 Å². The van der Waals surface area contributed by atoms with Crippen molar-refractivity contribution < 1.29 is 5.11 Å². The largest absolute Gasteiger partial charge is 0.395 e. The molecule has 0 radical (unpaired) electrons. The van der Waals surface area contributed by atoms with Crippen LogP contribution in [0.15, 0.2) is 0 Å². The van der Waals surface area contributed by atoms with Crippen molar-refractivity contribution in [2.24, 2.45) is 5.92 Å². The number of rotatable bonds is 5. The van der Waals surface area contributed by atoms with Crippen LogP contribution in [0.5, 0.6) is 0 Å². The third-order valence-corrected chi connectivity index (χ3v) is 3.30. The van der Waals surface area contributed by atoms with Crippen LogP contribution in [0.4, 0.5) is 0 Å². The summed E-state index contributed by atoms with van der Waals surface area (Å²) in [6.45, 7) is 4.68. The fraction of sp³-hybridized carbons (Fsp3) is 1.00. The fourth-order valence-corrected chi connectivity index (χ4v) is 2.23.